The molecule has 1 atom stereocenters. The summed E-state index contributed by atoms with van der Waals surface area (Å²) >= 11 is 1.65. The number of hydrogen-bond donors (Lipinski definition) is 1. The molecule has 0 radical (unpaired) electrons. The van der Waals surface area contributed by atoms with Crippen LogP contribution in [0.2, 0.25) is 0 Å². The number of carbonyl (C=O) groups excluding carboxylic acids is 1. The van der Waals surface area contributed by atoms with Crippen molar-refractivity contribution < 1.29 is 9.63 Å². The van der Waals surface area contributed by atoms with E-state index in [1.54, 1.807) is 11.8 Å². The summed E-state index contributed by atoms with van der Waals surface area (Å²) in [6, 6.07) is 0. The van der Waals surface area contributed by atoms with Crippen molar-refractivity contribution in [3.05, 3.63) is 0 Å². The Morgan fingerprint density at radius 2 is 2.58 bits per heavy atom. The molecule has 4 nitrogen and oxygen atoms in total. The van der Waals surface area contributed by atoms with E-state index in [1.807, 2.05) is 0 Å². The second-order valence-corrected chi connectivity index (χ2v) is 3.71. The lowest BCUT2D eigenvalue weighted by Gasteiger charge is -2.00. The van der Waals surface area contributed by atoms with Crippen LogP contribution in [-0.4, -0.2) is 23.9 Å². The van der Waals surface area contributed by atoms with Gasteiger partial charge >= 0.3 is 6.09 Å². The third-order valence-corrected chi connectivity index (χ3v) is 2.86. The van der Waals surface area contributed by atoms with Crippen molar-refractivity contribution in [3.63, 3.8) is 0 Å². The summed E-state index contributed by atoms with van der Waals surface area (Å²) in [6.45, 7) is 2.08. The Morgan fingerprint density at radius 3 is 3.08 bits per heavy atom. The van der Waals surface area contributed by atoms with Crippen molar-refractivity contribution in [1.29, 1.82) is 0 Å². The smallest absolute Gasteiger partial charge is 0.323 e. The molecule has 0 aromatic heterocycles. The highest BCUT2D eigenvalue weighted by Gasteiger charge is 2.19. The first-order valence-electron chi connectivity index (χ1n) is 3.83. The lowest BCUT2D eigenvalue weighted by Crippen LogP contribution is -2.17. The molecular formula is C7H12N2O2S. The summed E-state index contributed by atoms with van der Waals surface area (Å²) in [5.41, 5.74) is 0. The monoisotopic (exact) mass is 188 g/mol. The van der Waals surface area contributed by atoms with Gasteiger partial charge in [0.15, 0.2) is 0 Å². The SMILES string of the molecule is CNC(=O)O/N=C1\SCCC1C. The largest absolute Gasteiger partial charge is 0.433 e. The van der Waals surface area contributed by atoms with Gasteiger partial charge in [0.2, 0.25) is 0 Å². The highest BCUT2D eigenvalue weighted by Crippen LogP contribution is 2.26. The van der Waals surface area contributed by atoms with Gasteiger partial charge in [-0.25, -0.2) is 4.79 Å². The molecule has 68 valence electrons. The molecule has 0 bridgehead atoms. The first-order chi connectivity index (χ1) is 5.74. The van der Waals surface area contributed by atoms with Crippen molar-refractivity contribution in [2.45, 2.75) is 13.3 Å². The van der Waals surface area contributed by atoms with Gasteiger partial charge in [-0.15, -0.1) is 11.8 Å². The minimum Gasteiger partial charge on any atom is -0.323 e. The predicted octanol–water partition coefficient (Wildman–Crippen LogP) is 1.43. The third-order valence-electron chi connectivity index (χ3n) is 1.65. The molecule has 1 amide bonds. The fourth-order valence-electron chi connectivity index (χ4n) is 0.854. The Morgan fingerprint density at radius 1 is 1.83 bits per heavy atom. The van der Waals surface area contributed by atoms with Crippen LogP contribution in [-0.2, 0) is 4.84 Å². The fourth-order valence-corrected chi connectivity index (χ4v) is 2.03. The van der Waals surface area contributed by atoms with Crippen LogP contribution in [0.5, 0.6) is 0 Å². The molecule has 1 N–H and O–H groups in total. The summed E-state index contributed by atoms with van der Waals surface area (Å²) in [7, 11) is 1.51. The van der Waals surface area contributed by atoms with E-state index in [9.17, 15) is 4.79 Å². The van der Waals surface area contributed by atoms with Crippen molar-refractivity contribution in [2.75, 3.05) is 12.8 Å². The van der Waals surface area contributed by atoms with Gasteiger partial charge in [-0.1, -0.05) is 12.1 Å². The molecule has 0 aromatic carbocycles. The van der Waals surface area contributed by atoms with Crippen LogP contribution < -0.4 is 5.32 Å². The van der Waals surface area contributed by atoms with Gasteiger partial charge in [0.1, 0.15) is 5.04 Å². The molecule has 1 fully saturated rings. The first kappa shape index (κ1) is 9.38. The first-order valence-corrected chi connectivity index (χ1v) is 4.82. The van der Waals surface area contributed by atoms with Crippen LogP contribution in [0.4, 0.5) is 4.79 Å². The molecule has 1 unspecified atom stereocenters. The Balaban J connectivity index is 2.40. The molecule has 0 aliphatic carbocycles. The molecule has 1 saturated heterocycles. The van der Waals surface area contributed by atoms with Crippen LogP contribution in [0.3, 0.4) is 0 Å². The molecule has 0 saturated carbocycles. The van der Waals surface area contributed by atoms with Gasteiger partial charge in [0, 0.05) is 13.0 Å². The van der Waals surface area contributed by atoms with Gasteiger partial charge in [-0.05, 0) is 12.2 Å². The molecule has 5 heteroatoms. The van der Waals surface area contributed by atoms with Gasteiger partial charge in [0.05, 0.1) is 0 Å². The molecule has 12 heavy (non-hydrogen) atoms. The van der Waals surface area contributed by atoms with E-state index in [4.69, 9.17) is 0 Å². The van der Waals surface area contributed by atoms with Crippen molar-refractivity contribution in [1.82, 2.24) is 5.32 Å². The second kappa shape index (κ2) is 4.35. The van der Waals surface area contributed by atoms with E-state index >= 15 is 0 Å². The van der Waals surface area contributed by atoms with E-state index < -0.39 is 6.09 Å². The van der Waals surface area contributed by atoms with E-state index in [-0.39, 0.29) is 0 Å². The molecule has 1 aliphatic heterocycles. The number of hydrogen-bond acceptors (Lipinski definition) is 4. The van der Waals surface area contributed by atoms with Gasteiger partial charge in [-0.2, -0.15) is 0 Å². The zero-order chi connectivity index (χ0) is 8.97. The second-order valence-electron chi connectivity index (χ2n) is 2.60. The van der Waals surface area contributed by atoms with Crippen molar-refractivity contribution in [2.24, 2.45) is 11.1 Å². The summed E-state index contributed by atoms with van der Waals surface area (Å²) in [4.78, 5) is 15.2. The maximum atomic E-state index is 10.6. The normalized spacial score (nSPS) is 25.8. The zero-order valence-electron chi connectivity index (χ0n) is 7.16. The average molecular weight is 188 g/mol. The third kappa shape index (κ3) is 2.41. The average Bonchev–Trinajstić information content (AvgIpc) is 2.47. The molecule has 1 rings (SSSR count). The molecular weight excluding hydrogens is 176 g/mol. The number of rotatable bonds is 1. The van der Waals surface area contributed by atoms with Crippen LogP contribution in [0.1, 0.15) is 13.3 Å². The predicted molar refractivity (Wildman–Crippen MR) is 49.2 cm³/mol. The van der Waals surface area contributed by atoms with E-state index in [0.29, 0.717) is 5.92 Å². The van der Waals surface area contributed by atoms with Crippen molar-refractivity contribution in [3.8, 4) is 0 Å². The Hall–Kier alpha value is -0.710. The van der Waals surface area contributed by atoms with Crippen LogP contribution in [0.15, 0.2) is 5.16 Å². The summed E-state index contributed by atoms with van der Waals surface area (Å²) in [6.07, 6.45) is 0.600. The van der Waals surface area contributed by atoms with Gasteiger partial charge < -0.3 is 5.32 Å². The minimum absolute atomic E-state index is 0.430. The van der Waals surface area contributed by atoms with Crippen LogP contribution in [0.25, 0.3) is 0 Å². The molecule has 1 heterocycles. The molecule has 0 aromatic rings. The molecule has 1 aliphatic rings. The van der Waals surface area contributed by atoms with E-state index in [1.165, 1.54) is 7.05 Å². The summed E-state index contributed by atoms with van der Waals surface area (Å²) in [5, 5.41) is 6.98. The highest BCUT2D eigenvalue weighted by molar-refractivity contribution is 8.14. The van der Waals surface area contributed by atoms with Crippen LogP contribution >= 0.6 is 11.8 Å². The van der Waals surface area contributed by atoms with E-state index in [0.717, 1.165) is 17.2 Å². The quantitative estimate of drug-likeness (QED) is 0.500. The highest BCUT2D eigenvalue weighted by atomic mass is 32.2. The minimum atomic E-state index is -0.512. The number of amides is 1. The van der Waals surface area contributed by atoms with Gasteiger partial charge in [0.25, 0.3) is 0 Å². The Labute approximate surface area is 75.7 Å². The summed E-state index contributed by atoms with van der Waals surface area (Å²) < 4.78 is 0. The number of nitrogens with zero attached hydrogens (tertiary/aromatic N) is 1. The number of oxime groups is 1. The lowest BCUT2D eigenvalue weighted by atomic mass is 10.1. The number of carbonyl (C=O) groups is 1. The fraction of sp³-hybridized carbons (Fsp3) is 0.714. The lowest BCUT2D eigenvalue weighted by molar-refractivity contribution is 0.153. The summed E-state index contributed by atoms with van der Waals surface area (Å²) in [5.74, 6) is 1.50. The molecule has 0 spiro atoms. The van der Waals surface area contributed by atoms with E-state index in [2.05, 4.69) is 22.2 Å². The Bertz CT molecular complexity index is 206. The number of nitrogens with one attached hydrogen (secondary N) is 1. The number of thioether (sulfide) groups is 1. The van der Waals surface area contributed by atoms with Crippen LogP contribution in [0, 0.1) is 5.92 Å². The topological polar surface area (TPSA) is 50.7 Å². The van der Waals surface area contributed by atoms with Gasteiger partial charge in [-0.3, -0.25) is 4.84 Å². The Kier molecular flexibility index (Phi) is 3.40. The standard InChI is InChI=1S/C7H12N2O2S/c1-5-3-4-12-6(5)9-11-7(10)8-2/h5H,3-4H2,1-2H3,(H,8,10)/b9-6-. The maximum Gasteiger partial charge on any atom is 0.433 e. The zero-order valence-corrected chi connectivity index (χ0v) is 7.98. The van der Waals surface area contributed by atoms with Crippen molar-refractivity contribution >= 4 is 22.9 Å². The maximum absolute atomic E-state index is 10.6.